The van der Waals surface area contributed by atoms with Crippen LogP contribution in [0.15, 0.2) is 24.3 Å². The summed E-state index contributed by atoms with van der Waals surface area (Å²) in [7, 11) is 0. The second kappa shape index (κ2) is 40.5. The fraction of sp³-hybridized carbons (Fsp3) is 0.758. The van der Waals surface area contributed by atoms with Gasteiger partial charge in [0.25, 0.3) is 0 Å². The van der Waals surface area contributed by atoms with Gasteiger partial charge in [-0.1, -0.05) is 92.2 Å². The van der Waals surface area contributed by atoms with Gasteiger partial charge in [0, 0.05) is 18.1 Å². The summed E-state index contributed by atoms with van der Waals surface area (Å²) in [6.45, 7) is 12.6. The molecule has 3 aliphatic carbocycles. The number of unbranched alkanes of at least 4 members (excludes halogenated alkanes) is 3. The molecule has 0 heterocycles. The third kappa shape index (κ3) is 27.0. The molecule has 9 amide bonds. The van der Waals surface area contributed by atoms with Gasteiger partial charge in [0.15, 0.2) is 0 Å². The van der Waals surface area contributed by atoms with Gasteiger partial charge in [0.05, 0.1) is 23.8 Å². The van der Waals surface area contributed by atoms with Crippen LogP contribution in [0, 0.1) is 35.5 Å². The van der Waals surface area contributed by atoms with Gasteiger partial charge in [0.2, 0.25) is 53.2 Å². The zero-order valence-electron chi connectivity index (χ0n) is 55.1. The van der Waals surface area contributed by atoms with Gasteiger partial charge in [-0.2, -0.15) is 0 Å². The number of rotatable bonds is 39. The molecule has 514 valence electrons. The van der Waals surface area contributed by atoms with Crippen LogP contribution in [0.4, 0.5) is 0 Å². The first-order valence-corrected chi connectivity index (χ1v) is 34.0. The van der Waals surface area contributed by atoms with E-state index in [1.54, 1.807) is 12.1 Å². The third-order valence-electron chi connectivity index (χ3n) is 17.8. The van der Waals surface area contributed by atoms with Crippen molar-refractivity contribution in [2.24, 2.45) is 58.4 Å². The van der Waals surface area contributed by atoms with Gasteiger partial charge in [-0.15, -0.1) is 0 Å². The van der Waals surface area contributed by atoms with Gasteiger partial charge in [0.1, 0.15) is 42.0 Å². The molecule has 25 heteroatoms. The van der Waals surface area contributed by atoms with Crippen LogP contribution >= 0.6 is 0 Å². The Morgan fingerprint density at radius 2 is 0.725 bits per heavy atom. The lowest BCUT2D eigenvalue weighted by Crippen LogP contribution is -2.60. The monoisotopic (exact) mass is 1280 g/mol. The second-order valence-electron chi connectivity index (χ2n) is 26.9. The number of amides is 9. The Bertz CT molecular complexity index is 2480. The first kappa shape index (κ1) is 77.0. The number of carbonyl (C=O) groups is 10. The SMILES string of the molecule is CC(C)C[C@H](NC(=O)[C@H](CCCCN)NC(=O)C1CCCCC1NC(=O)[C@H](CC(C)C)NC(=O)[C@H](CCCCN)NC(=O)C1CCCCC1NC(=O)[C@H](CC(C)C)NC(=O)[C@@H](N)Cc1ccc(O)cc1)C(=O)NC1CCCCC1C(=O)N[C@@H](CCCCN)C(=O)O. The van der Waals surface area contributed by atoms with E-state index in [9.17, 15) is 58.2 Å². The average Bonchev–Trinajstić information content (AvgIpc) is 1.46. The molecular formula is C66H113N13O12. The van der Waals surface area contributed by atoms with E-state index in [2.05, 4.69) is 47.9 Å². The molecule has 1 aromatic carbocycles. The van der Waals surface area contributed by atoms with Crippen molar-refractivity contribution in [2.75, 3.05) is 19.6 Å². The van der Waals surface area contributed by atoms with E-state index in [4.69, 9.17) is 22.9 Å². The molecule has 4 rings (SSSR count). The van der Waals surface area contributed by atoms with Crippen LogP contribution in [0.3, 0.4) is 0 Å². The molecule has 3 saturated carbocycles. The molecule has 0 aromatic heterocycles. The van der Waals surface area contributed by atoms with Crippen molar-refractivity contribution in [1.29, 1.82) is 0 Å². The minimum Gasteiger partial charge on any atom is -0.508 e. The van der Waals surface area contributed by atoms with Gasteiger partial charge in [-0.05, 0) is 177 Å². The number of phenolic OH excluding ortho intramolecular Hbond substituents is 1. The summed E-state index contributed by atoms with van der Waals surface area (Å²) in [4.78, 5) is 140. The van der Waals surface area contributed by atoms with E-state index in [1.165, 1.54) is 12.1 Å². The summed E-state index contributed by atoms with van der Waals surface area (Å²) in [5.41, 5.74) is 24.4. The highest BCUT2D eigenvalue weighted by molar-refractivity contribution is 5.95. The summed E-state index contributed by atoms with van der Waals surface area (Å²) in [5, 5.41) is 46.0. The number of benzene rings is 1. The van der Waals surface area contributed by atoms with E-state index in [1.807, 2.05) is 41.5 Å². The predicted molar refractivity (Wildman–Crippen MR) is 348 cm³/mol. The highest BCUT2D eigenvalue weighted by atomic mass is 16.4. The Balaban J connectivity index is 1.47. The quantitative estimate of drug-likeness (QED) is 0.0421. The highest BCUT2D eigenvalue weighted by Crippen LogP contribution is 2.29. The summed E-state index contributed by atoms with van der Waals surface area (Å²) in [5.74, 6) is -7.89. The Morgan fingerprint density at radius 3 is 1.04 bits per heavy atom. The van der Waals surface area contributed by atoms with E-state index in [0.717, 1.165) is 18.4 Å². The molecule has 3 fully saturated rings. The lowest BCUT2D eigenvalue weighted by Gasteiger charge is -2.35. The number of hydrogen-bond acceptors (Lipinski definition) is 15. The highest BCUT2D eigenvalue weighted by Gasteiger charge is 2.41. The molecule has 0 aliphatic heterocycles. The number of aromatic hydroxyl groups is 1. The smallest absolute Gasteiger partial charge is 0.326 e. The van der Waals surface area contributed by atoms with Crippen molar-refractivity contribution in [2.45, 2.75) is 262 Å². The summed E-state index contributed by atoms with van der Waals surface area (Å²) in [6, 6.07) is -2.84. The second-order valence-corrected chi connectivity index (χ2v) is 26.9. The fourth-order valence-corrected chi connectivity index (χ4v) is 12.7. The van der Waals surface area contributed by atoms with Crippen molar-refractivity contribution in [3.05, 3.63) is 29.8 Å². The number of nitrogens with one attached hydrogen (secondary N) is 9. The molecule has 0 radical (unpaired) electrons. The van der Waals surface area contributed by atoms with E-state index >= 15 is 0 Å². The van der Waals surface area contributed by atoms with Gasteiger partial charge < -0.3 is 81.0 Å². The molecule has 0 bridgehead atoms. The maximum atomic E-state index is 14.6. The minimum absolute atomic E-state index is 0.00881. The topological polar surface area (TPSA) is 424 Å². The molecule has 0 saturated heterocycles. The van der Waals surface area contributed by atoms with Gasteiger partial charge in [-0.25, -0.2) is 4.79 Å². The molecule has 19 N–H and O–H groups in total. The van der Waals surface area contributed by atoms with Crippen molar-refractivity contribution >= 4 is 59.1 Å². The van der Waals surface area contributed by atoms with Gasteiger partial charge in [-0.3, -0.25) is 43.2 Å². The molecule has 0 spiro atoms. The van der Waals surface area contributed by atoms with E-state index in [-0.39, 0.29) is 62.0 Å². The van der Waals surface area contributed by atoms with Crippen molar-refractivity contribution < 1.29 is 58.2 Å². The summed E-state index contributed by atoms with van der Waals surface area (Å²) >= 11 is 0. The van der Waals surface area contributed by atoms with E-state index in [0.29, 0.717) is 129 Å². The zero-order valence-corrected chi connectivity index (χ0v) is 55.1. The van der Waals surface area contributed by atoms with Crippen LogP contribution in [0.2, 0.25) is 0 Å². The normalized spacial score (nSPS) is 21.5. The largest absolute Gasteiger partial charge is 0.508 e. The molecular weight excluding hydrogens is 1170 g/mol. The van der Waals surface area contributed by atoms with Crippen LogP contribution in [0.25, 0.3) is 0 Å². The molecule has 91 heavy (non-hydrogen) atoms. The Hall–Kier alpha value is -6.44. The summed E-state index contributed by atoms with van der Waals surface area (Å²) < 4.78 is 0. The van der Waals surface area contributed by atoms with Gasteiger partial charge >= 0.3 is 5.97 Å². The first-order valence-electron chi connectivity index (χ1n) is 34.0. The number of carbonyl (C=O) groups excluding carboxylic acids is 9. The fourth-order valence-electron chi connectivity index (χ4n) is 12.7. The number of hydrogen-bond donors (Lipinski definition) is 15. The van der Waals surface area contributed by atoms with Crippen molar-refractivity contribution in [3.8, 4) is 5.75 Å². The predicted octanol–water partition coefficient (Wildman–Crippen LogP) is 2.81. The number of aliphatic carboxylic acids is 1. The Kier molecular flexibility index (Phi) is 34.3. The number of carboxylic acids is 1. The lowest BCUT2D eigenvalue weighted by atomic mass is 9.83. The Labute approximate surface area is 539 Å². The molecule has 3 aliphatic rings. The third-order valence-corrected chi connectivity index (χ3v) is 17.8. The number of nitrogens with two attached hydrogens (primary N) is 4. The maximum Gasteiger partial charge on any atom is 0.326 e. The Morgan fingerprint density at radius 1 is 0.418 bits per heavy atom. The van der Waals surface area contributed by atoms with Crippen LogP contribution < -0.4 is 70.8 Å². The molecule has 25 nitrogen and oxygen atoms in total. The van der Waals surface area contributed by atoms with E-state index < -0.39 is 137 Å². The standard InChI is InChI=1S/C66H113N13O12/c1-39(2)35-54(77-60(84)47(70)38-42-28-30-43(80)31-29-42)63(87)71-48-22-10-7-19-44(48)57(81)74-51(25-13-16-32-67)61(85)78-55(36-40(3)4)64(88)72-49-23-11-8-20-45(49)58(82)75-52(26-14-17-33-68)62(86)79-56(37-41(5)6)65(89)73-50-24-12-9-21-46(50)59(83)76-53(66(90)91)27-15-18-34-69/h28-31,39-41,44-56,80H,7-27,32-38,67-70H2,1-6H3,(H,71,87)(H,72,88)(H,73,89)(H,74,81)(H,75,82)(H,76,83)(H,77,84)(H,78,85)(H,79,86)(H,90,91)/t44?,45?,46?,47-,48?,49?,50?,51-,52-,53-,54-,55-,56-/m0/s1. The zero-order chi connectivity index (χ0) is 67.2. The number of carboxylic acid groups (broad SMARTS) is 1. The maximum absolute atomic E-state index is 14.6. The molecule has 13 atom stereocenters. The van der Waals surface area contributed by atoms with Crippen molar-refractivity contribution in [3.63, 3.8) is 0 Å². The first-order chi connectivity index (χ1) is 43.3. The van der Waals surface area contributed by atoms with Crippen LogP contribution in [0.1, 0.15) is 201 Å². The minimum atomic E-state index is -1.15. The average molecular weight is 1280 g/mol. The van der Waals surface area contributed by atoms with Crippen LogP contribution in [-0.2, 0) is 54.4 Å². The van der Waals surface area contributed by atoms with Crippen LogP contribution in [0.5, 0.6) is 5.75 Å². The van der Waals surface area contributed by atoms with Crippen LogP contribution in [-0.4, -0.2) is 149 Å². The molecule has 1 aromatic rings. The molecule has 6 unspecified atom stereocenters. The summed E-state index contributed by atoms with van der Waals surface area (Å²) in [6.07, 6.45) is 11.7. The van der Waals surface area contributed by atoms with Crippen molar-refractivity contribution in [1.82, 2.24) is 47.9 Å². The lowest BCUT2D eigenvalue weighted by molar-refractivity contribution is -0.143. The number of phenols is 1.